The summed E-state index contributed by atoms with van der Waals surface area (Å²) in [7, 11) is 0. The second kappa shape index (κ2) is 13.5. The van der Waals surface area contributed by atoms with E-state index in [2.05, 4.69) is 219 Å². The molecule has 0 amide bonds. The minimum atomic E-state index is -0.497. The van der Waals surface area contributed by atoms with Crippen molar-refractivity contribution in [3.63, 3.8) is 0 Å². The molecule has 53 heavy (non-hydrogen) atoms. The molecule has 1 heteroatoms. The Labute approximate surface area is 312 Å². The van der Waals surface area contributed by atoms with E-state index in [1.807, 2.05) is 6.07 Å². The van der Waals surface area contributed by atoms with E-state index in [0.29, 0.717) is 0 Å². The predicted octanol–water partition coefficient (Wildman–Crippen LogP) is 13.5. The molecule has 0 fully saturated rings. The van der Waals surface area contributed by atoms with Gasteiger partial charge in [0.1, 0.15) is 0 Å². The van der Waals surface area contributed by atoms with E-state index in [0.717, 1.165) is 22.6 Å². The van der Waals surface area contributed by atoms with Crippen LogP contribution in [0.3, 0.4) is 0 Å². The first kappa shape index (κ1) is 32.2. The molecule has 0 spiro atoms. The molecule has 8 aromatic carbocycles. The van der Waals surface area contributed by atoms with Gasteiger partial charge in [-0.15, -0.1) is 0 Å². The van der Waals surface area contributed by atoms with E-state index in [-0.39, 0.29) is 0 Å². The highest BCUT2D eigenvalue weighted by Gasteiger charge is 2.46. The van der Waals surface area contributed by atoms with Crippen LogP contribution in [0.2, 0.25) is 0 Å². The lowest BCUT2D eigenvalue weighted by Gasteiger charge is -2.34. The van der Waals surface area contributed by atoms with Gasteiger partial charge in [-0.2, -0.15) is 0 Å². The van der Waals surface area contributed by atoms with Crippen LogP contribution in [0.15, 0.2) is 213 Å². The van der Waals surface area contributed by atoms with Crippen LogP contribution in [0, 0.1) is 6.92 Å². The topological polar surface area (TPSA) is 3.24 Å². The summed E-state index contributed by atoms with van der Waals surface area (Å²) in [5.74, 6) is 0. The van der Waals surface area contributed by atoms with E-state index in [9.17, 15) is 0 Å². The Hall–Kier alpha value is -6.70. The summed E-state index contributed by atoms with van der Waals surface area (Å²) in [6, 6.07) is 74.8. The monoisotopic (exact) mass is 677 g/mol. The Kier molecular flexibility index (Phi) is 8.18. The fraction of sp³-hybridized carbons (Fsp3) is 0.0385. The molecule has 0 heterocycles. The van der Waals surface area contributed by atoms with Gasteiger partial charge in [-0.3, -0.25) is 0 Å². The standard InChI is InChI=1S/C52H39N/c1-37-17-15-16-26-51(37)53(38(2)39-18-7-3-8-19-39)46-31-27-41(28-32-46)43-30-34-48-47-33-29-42(40-20-9-4-10-21-40)35-49(47)52(50(48)36-43,44-22-11-5-12-23-44)45-24-13-6-14-25-45/h3-36H,2H2,1H3. The second-order valence-corrected chi connectivity index (χ2v) is 13.9. The largest absolute Gasteiger partial charge is 0.310 e. The van der Waals surface area contributed by atoms with Gasteiger partial charge >= 0.3 is 0 Å². The van der Waals surface area contributed by atoms with Crippen LogP contribution in [0.5, 0.6) is 0 Å². The molecule has 0 radical (unpaired) electrons. The van der Waals surface area contributed by atoms with Gasteiger partial charge in [0.05, 0.1) is 5.41 Å². The van der Waals surface area contributed by atoms with Crippen molar-refractivity contribution in [1.29, 1.82) is 0 Å². The highest BCUT2D eigenvalue weighted by Crippen LogP contribution is 2.57. The third kappa shape index (κ3) is 5.50. The van der Waals surface area contributed by atoms with E-state index in [1.54, 1.807) is 0 Å². The van der Waals surface area contributed by atoms with Crippen molar-refractivity contribution in [3.05, 3.63) is 246 Å². The normalized spacial score (nSPS) is 12.5. The highest BCUT2D eigenvalue weighted by atomic mass is 15.1. The number of anilines is 2. The minimum absolute atomic E-state index is 0.497. The van der Waals surface area contributed by atoms with Crippen molar-refractivity contribution in [2.75, 3.05) is 4.90 Å². The first-order chi connectivity index (χ1) is 26.1. The smallest absolute Gasteiger partial charge is 0.0713 e. The zero-order valence-electron chi connectivity index (χ0n) is 29.8. The molecule has 8 aromatic rings. The molecule has 9 rings (SSSR count). The summed E-state index contributed by atoms with van der Waals surface area (Å²) in [6.07, 6.45) is 0. The number of para-hydroxylation sites is 1. The van der Waals surface area contributed by atoms with E-state index < -0.39 is 5.41 Å². The van der Waals surface area contributed by atoms with Crippen LogP contribution in [0.25, 0.3) is 39.1 Å². The third-order valence-electron chi connectivity index (χ3n) is 10.9. The maximum atomic E-state index is 4.58. The Morgan fingerprint density at radius 3 is 1.40 bits per heavy atom. The predicted molar refractivity (Wildman–Crippen MR) is 223 cm³/mol. The summed E-state index contributed by atoms with van der Waals surface area (Å²) in [6.45, 7) is 6.74. The van der Waals surface area contributed by atoms with Crippen LogP contribution in [0.4, 0.5) is 11.4 Å². The fourth-order valence-electron chi connectivity index (χ4n) is 8.30. The van der Waals surface area contributed by atoms with Gasteiger partial charge < -0.3 is 4.90 Å². The number of rotatable bonds is 8. The summed E-state index contributed by atoms with van der Waals surface area (Å²) < 4.78 is 0. The minimum Gasteiger partial charge on any atom is -0.310 e. The molecule has 0 N–H and O–H groups in total. The van der Waals surface area contributed by atoms with Gasteiger partial charge in [-0.05, 0) is 104 Å². The molecule has 0 aliphatic heterocycles. The van der Waals surface area contributed by atoms with Gasteiger partial charge in [-0.1, -0.05) is 183 Å². The first-order valence-corrected chi connectivity index (χ1v) is 18.3. The number of fused-ring (bicyclic) bond motifs is 3. The SMILES string of the molecule is C=C(c1ccccc1)N(c1ccc(-c2ccc3c(c2)C(c2ccccc2)(c2ccccc2)c2cc(-c4ccccc4)ccc2-3)cc1)c1ccccc1C. The summed E-state index contributed by atoms with van der Waals surface area (Å²) >= 11 is 0. The first-order valence-electron chi connectivity index (χ1n) is 18.3. The molecule has 0 aromatic heterocycles. The Morgan fingerprint density at radius 2 is 0.868 bits per heavy atom. The zero-order valence-corrected chi connectivity index (χ0v) is 29.8. The molecular formula is C52H39N. The van der Waals surface area contributed by atoms with E-state index in [4.69, 9.17) is 0 Å². The van der Waals surface area contributed by atoms with Crippen molar-refractivity contribution < 1.29 is 0 Å². The zero-order chi connectivity index (χ0) is 35.8. The molecule has 1 aliphatic rings. The van der Waals surface area contributed by atoms with Crippen LogP contribution in [-0.4, -0.2) is 0 Å². The van der Waals surface area contributed by atoms with Crippen LogP contribution in [-0.2, 0) is 5.41 Å². The summed E-state index contributed by atoms with van der Waals surface area (Å²) in [4.78, 5) is 2.27. The lowest BCUT2D eigenvalue weighted by Crippen LogP contribution is -2.28. The molecule has 1 nitrogen and oxygen atoms in total. The molecule has 0 bridgehead atoms. The van der Waals surface area contributed by atoms with E-state index >= 15 is 0 Å². The van der Waals surface area contributed by atoms with Gasteiger partial charge in [0.2, 0.25) is 0 Å². The lowest BCUT2D eigenvalue weighted by atomic mass is 9.67. The van der Waals surface area contributed by atoms with Crippen LogP contribution < -0.4 is 4.90 Å². The number of aryl methyl sites for hydroxylation is 1. The van der Waals surface area contributed by atoms with Crippen molar-refractivity contribution >= 4 is 17.1 Å². The number of benzene rings is 8. The second-order valence-electron chi connectivity index (χ2n) is 13.9. The van der Waals surface area contributed by atoms with Gasteiger partial charge in [0, 0.05) is 17.1 Å². The Bertz CT molecular complexity index is 2510. The maximum absolute atomic E-state index is 4.58. The van der Waals surface area contributed by atoms with Gasteiger partial charge in [-0.25, -0.2) is 0 Å². The fourth-order valence-corrected chi connectivity index (χ4v) is 8.30. The quantitative estimate of drug-likeness (QED) is 0.155. The maximum Gasteiger partial charge on any atom is 0.0713 e. The molecule has 0 saturated heterocycles. The molecule has 0 unspecified atom stereocenters. The summed E-state index contributed by atoms with van der Waals surface area (Å²) in [5.41, 5.74) is 17.4. The van der Waals surface area contributed by atoms with E-state index in [1.165, 1.54) is 61.2 Å². The highest BCUT2D eigenvalue weighted by molar-refractivity contribution is 5.91. The average Bonchev–Trinajstić information content (AvgIpc) is 3.53. The number of nitrogens with zero attached hydrogens (tertiary/aromatic N) is 1. The van der Waals surface area contributed by atoms with Crippen molar-refractivity contribution in [1.82, 2.24) is 0 Å². The van der Waals surface area contributed by atoms with Crippen molar-refractivity contribution in [2.45, 2.75) is 12.3 Å². The van der Waals surface area contributed by atoms with Crippen LogP contribution >= 0.6 is 0 Å². The lowest BCUT2D eigenvalue weighted by molar-refractivity contribution is 0.769. The Balaban J connectivity index is 1.20. The van der Waals surface area contributed by atoms with Crippen LogP contribution in [0.1, 0.15) is 33.4 Å². The Morgan fingerprint density at radius 1 is 0.434 bits per heavy atom. The number of hydrogen-bond donors (Lipinski definition) is 0. The third-order valence-corrected chi connectivity index (χ3v) is 10.9. The number of hydrogen-bond acceptors (Lipinski definition) is 1. The average molecular weight is 678 g/mol. The molecule has 252 valence electrons. The van der Waals surface area contributed by atoms with Crippen molar-refractivity contribution in [3.8, 4) is 33.4 Å². The van der Waals surface area contributed by atoms with Gasteiger partial charge in [0.15, 0.2) is 0 Å². The van der Waals surface area contributed by atoms with Gasteiger partial charge in [0.25, 0.3) is 0 Å². The van der Waals surface area contributed by atoms with Crippen molar-refractivity contribution in [2.24, 2.45) is 0 Å². The molecule has 1 aliphatic carbocycles. The molecule has 0 saturated carbocycles. The molecular weight excluding hydrogens is 639 g/mol. The summed E-state index contributed by atoms with van der Waals surface area (Å²) in [5, 5.41) is 0. The molecule has 0 atom stereocenters.